The topological polar surface area (TPSA) is 117 Å². The number of nitrogens with one attached hydrogen (secondary N) is 2. The van der Waals surface area contributed by atoms with E-state index in [0.29, 0.717) is 47.6 Å². The second kappa shape index (κ2) is 20.2. The van der Waals surface area contributed by atoms with Gasteiger partial charge in [-0.2, -0.15) is 0 Å². The molecule has 11 heteroatoms. The molecule has 0 aliphatic carbocycles. The molecule has 3 aromatic carbocycles. The quantitative estimate of drug-likeness (QED) is 0.129. The Hall–Kier alpha value is -5.68. The molecule has 2 N–H and O–H groups in total. The van der Waals surface area contributed by atoms with Crippen molar-refractivity contribution in [3.05, 3.63) is 108 Å². The van der Waals surface area contributed by atoms with E-state index in [9.17, 15) is 9.59 Å². The van der Waals surface area contributed by atoms with Gasteiger partial charge in [-0.15, -0.1) is 0 Å². The largest absolute Gasteiger partial charge is 0.493 e. The third kappa shape index (κ3) is 11.2. The lowest BCUT2D eigenvalue weighted by Crippen LogP contribution is -2.36. The first-order chi connectivity index (χ1) is 25.3. The van der Waals surface area contributed by atoms with Crippen molar-refractivity contribution in [1.82, 2.24) is 15.5 Å². The van der Waals surface area contributed by atoms with Crippen LogP contribution in [0.5, 0.6) is 34.5 Å². The van der Waals surface area contributed by atoms with Crippen molar-refractivity contribution in [3.8, 4) is 34.5 Å². The number of likely N-dealkylation sites (tertiary alicyclic amines) is 1. The zero-order valence-electron chi connectivity index (χ0n) is 30.7. The van der Waals surface area contributed by atoms with Crippen LogP contribution in [0.25, 0.3) is 12.2 Å². The molecule has 0 unspecified atom stereocenters. The standard InChI is InChI=1S/C41H49N3O8/c1-47-34-20-30(21-35(48-2)40(34)51-5)16-10-12-18-38(45)42-24-32-27-44(26-29-14-8-7-9-15-29)28-33(32)25-43-39(46)19-13-11-17-31-22-36(49-3)41(52-6)37(23-31)50-4/h7-23,32-33H,24-28H2,1-6H3,(H,42,45)(H,43,46)/t32-,33-/m0/s1. The van der Waals surface area contributed by atoms with Crippen molar-refractivity contribution in [3.63, 3.8) is 0 Å². The summed E-state index contributed by atoms with van der Waals surface area (Å²) in [6, 6.07) is 17.6. The monoisotopic (exact) mass is 711 g/mol. The number of methoxy groups -OCH3 is 6. The Morgan fingerprint density at radius 1 is 0.615 bits per heavy atom. The van der Waals surface area contributed by atoms with Crippen LogP contribution in [0.1, 0.15) is 16.7 Å². The summed E-state index contributed by atoms with van der Waals surface area (Å²) in [6.45, 7) is 3.37. The van der Waals surface area contributed by atoms with Gasteiger partial charge in [-0.1, -0.05) is 66.8 Å². The van der Waals surface area contributed by atoms with Gasteiger partial charge in [0.25, 0.3) is 0 Å². The molecule has 1 fully saturated rings. The minimum atomic E-state index is -0.194. The first kappa shape index (κ1) is 39.1. The highest BCUT2D eigenvalue weighted by atomic mass is 16.5. The van der Waals surface area contributed by atoms with Crippen molar-refractivity contribution >= 4 is 24.0 Å². The molecule has 0 aromatic heterocycles. The Balaban J connectivity index is 1.33. The van der Waals surface area contributed by atoms with Crippen LogP contribution in [0.2, 0.25) is 0 Å². The van der Waals surface area contributed by atoms with Gasteiger partial charge in [0.1, 0.15) is 0 Å². The van der Waals surface area contributed by atoms with Gasteiger partial charge in [-0.05, 0) is 52.8 Å². The number of amides is 2. The first-order valence-electron chi connectivity index (χ1n) is 16.9. The van der Waals surface area contributed by atoms with E-state index in [4.69, 9.17) is 28.4 Å². The van der Waals surface area contributed by atoms with Crippen LogP contribution in [0.3, 0.4) is 0 Å². The van der Waals surface area contributed by atoms with E-state index >= 15 is 0 Å². The van der Waals surface area contributed by atoms with Crippen molar-refractivity contribution < 1.29 is 38.0 Å². The van der Waals surface area contributed by atoms with Crippen LogP contribution in [0, 0.1) is 11.8 Å². The maximum absolute atomic E-state index is 12.8. The Morgan fingerprint density at radius 3 is 1.38 bits per heavy atom. The predicted octanol–water partition coefficient (Wildman–Crippen LogP) is 5.56. The summed E-state index contributed by atoms with van der Waals surface area (Å²) in [5, 5.41) is 6.11. The summed E-state index contributed by atoms with van der Waals surface area (Å²) in [4.78, 5) is 27.9. The predicted molar refractivity (Wildman–Crippen MR) is 203 cm³/mol. The van der Waals surface area contributed by atoms with Crippen molar-refractivity contribution in [2.45, 2.75) is 6.54 Å². The highest BCUT2D eigenvalue weighted by Gasteiger charge is 2.32. The summed E-state index contributed by atoms with van der Waals surface area (Å²) in [5.74, 6) is 3.14. The number of hydrogen-bond acceptors (Lipinski definition) is 9. The highest BCUT2D eigenvalue weighted by molar-refractivity contribution is 5.88. The molecule has 4 rings (SSSR count). The Labute approximate surface area is 306 Å². The average molecular weight is 712 g/mol. The summed E-state index contributed by atoms with van der Waals surface area (Å²) in [5.41, 5.74) is 2.88. The summed E-state index contributed by atoms with van der Waals surface area (Å²) in [7, 11) is 9.38. The Morgan fingerprint density at radius 2 is 1.02 bits per heavy atom. The zero-order valence-corrected chi connectivity index (χ0v) is 30.7. The SMILES string of the molecule is COc1cc(C=CC=CC(=O)NC[C@H]2CN(Cc3ccccc3)C[C@@H]2CNC(=O)C=CC=Cc2cc(OC)c(OC)c(OC)c2)cc(OC)c1OC. The fourth-order valence-corrected chi connectivity index (χ4v) is 6.06. The summed E-state index contributed by atoms with van der Waals surface area (Å²) < 4.78 is 32.4. The van der Waals surface area contributed by atoms with Gasteiger partial charge in [0.05, 0.1) is 42.7 Å². The lowest BCUT2D eigenvalue weighted by atomic mass is 9.96. The van der Waals surface area contributed by atoms with Crippen LogP contribution < -0.4 is 39.1 Å². The van der Waals surface area contributed by atoms with Crippen molar-refractivity contribution in [1.29, 1.82) is 0 Å². The summed E-state index contributed by atoms with van der Waals surface area (Å²) in [6.07, 6.45) is 13.6. The van der Waals surface area contributed by atoms with Gasteiger partial charge in [0, 0.05) is 44.9 Å². The number of hydrogen-bond donors (Lipinski definition) is 2. The molecular formula is C41H49N3O8. The number of allylic oxidation sites excluding steroid dienone is 4. The molecule has 276 valence electrons. The van der Waals surface area contributed by atoms with Gasteiger partial charge in [0.15, 0.2) is 23.0 Å². The molecule has 1 saturated heterocycles. The lowest BCUT2D eigenvalue weighted by Gasteiger charge is -2.18. The first-order valence-corrected chi connectivity index (χ1v) is 16.9. The number of ether oxygens (including phenoxy) is 6. The molecule has 0 bridgehead atoms. The molecule has 3 aromatic rings. The van der Waals surface area contributed by atoms with E-state index in [1.54, 1.807) is 67.0 Å². The maximum Gasteiger partial charge on any atom is 0.243 e. The van der Waals surface area contributed by atoms with E-state index in [2.05, 4.69) is 27.7 Å². The molecule has 2 amide bonds. The molecule has 52 heavy (non-hydrogen) atoms. The molecule has 1 heterocycles. The van der Waals surface area contributed by atoms with Crippen molar-refractivity contribution in [2.75, 3.05) is 68.8 Å². The average Bonchev–Trinajstić information content (AvgIpc) is 3.56. The normalized spacial score (nSPS) is 16.1. The second-order valence-electron chi connectivity index (χ2n) is 12.0. The Kier molecular flexibility index (Phi) is 15.2. The fourth-order valence-electron chi connectivity index (χ4n) is 6.06. The lowest BCUT2D eigenvalue weighted by molar-refractivity contribution is -0.117. The number of rotatable bonds is 18. The smallest absolute Gasteiger partial charge is 0.243 e. The molecular weight excluding hydrogens is 662 g/mol. The van der Waals surface area contributed by atoms with Crippen LogP contribution in [-0.2, 0) is 16.1 Å². The van der Waals surface area contributed by atoms with Gasteiger partial charge >= 0.3 is 0 Å². The number of carbonyl (C=O) groups is 2. The van der Waals surface area contributed by atoms with E-state index < -0.39 is 0 Å². The molecule has 1 aliphatic heterocycles. The van der Waals surface area contributed by atoms with Gasteiger partial charge < -0.3 is 39.1 Å². The van der Waals surface area contributed by atoms with Crippen LogP contribution in [-0.4, -0.2) is 85.6 Å². The third-order valence-corrected chi connectivity index (χ3v) is 8.65. The van der Waals surface area contributed by atoms with Crippen LogP contribution in [0.15, 0.2) is 91.1 Å². The molecule has 0 spiro atoms. The van der Waals surface area contributed by atoms with Crippen LogP contribution >= 0.6 is 0 Å². The summed E-state index contributed by atoms with van der Waals surface area (Å²) >= 11 is 0. The van der Waals surface area contributed by atoms with E-state index in [1.165, 1.54) is 17.7 Å². The second-order valence-corrected chi connectivity index (χ2v) is 12.0. The minimum absolute atomic E-state index is 0.153. The van der Waals surface area contributed by atoms with Gasteiger partial charge in [-0.25, -0.2) is 0 Å². The number of benzene rings is 3. The van der Waals surface area contributed by atoms with E-state index in [1.807, 2.05) is 54.6 Å². The molecule has 1 aliphatic rings. The van der Waals surface area contributed by atoms with Gasteiger partial charge in [-0.3, -0.25) is 14.5 Å². The molecule has 11 nitrogen and oxygen atoms in total. The minimum Gasteiger partial charge on any atom is -0.493 e. The van der Waals surface area contributed by atoms with Gasteiger partial charge in [0.2, 0.25) is 23.3 Å². The molecule has 2 atom stereocenters. The molecule has 0 saturated carbocycles. The number of carbonyl (C=O) groups excluding carboxylic acids is 2. The Bertz CT molecular complexity index is 1590. The highest BCUT2D eigenvalue weighted by Crippen LogP contribution is 2.39. The third-order valence-electron chi connectivity index (χ3n) is 8.65. The fraction of sp³-hybridized carbons (Fsp3) is 0.317. The van der Waals surface area contributed by atoms with Crippen molar-refractivity contribution in [2.24, 2.45) is 11.8 Å². The zero-order chi connectivity index (χ0) is 37.3. The maximum atomic E-state index is 12.8. The number of nitrogens with zero attached hydrogens (tertiary/aromatic N) is 1. The van der Waals surface area contributed by atoms with Crippen LogP contribution in [0.4, 0.5) is 0 Å². The van der Waals surface area contributed by atoms with E-state index in [-0.39, 0.29) is 23.7 Å². The molecule has 0 radical (unpaired) electrons. The van der Waals surface area contributed by atoms with E-state index in [0.717, 1.165) is 30.8 Å².